The number of hydrogen-bond donors (Lipinski definition) is 0. The molecule has 1 aromatic rings. The lowest BCUT2D eigenvalue weighted by Gasteiger charge is -2.35. The molecule has 8 heteroatoms. The van der Waals surface area contributed by atoms with Crippen molar-refractivity contribution in [2.24, 2.45) is 0 Å². The van der Waals surface area contributed by atoms with Crippen molar-refractivity contribution in [1.82, 2.24) is 14.7 Å². The maximum absolute atomic E-state index is 12.9. The molecule has 1 heterocycles. The number of rotatable bonds is 7. The van der Waals surface area contributed by atoms with E-state index in [1.54, 1.807) is 34.9 Å². The molecule has 1 saturated heterocycles. The van der Waals surface area contributed by atoms with E-state index >= 15 is 0 Å². The highest BCUT2D eigenvalue weighted by Crippen LogP contribution is 2.19. The Morgan fingerprint density at radius 2 is 1.59 bits per heavy atom. The quantitative estimate of drug-likeness (QED) is 0.691. The van der Waals surface area contributed by atoms with Gasteiger partial charge in [-0.25, -0.2) is 8.42 Å². The lowest BCUT2D eigenvalue weighted by molar-refractivity contribution is -0.132. The van der Waals surface area contributed by atoms with Gasteiger partial charge in [0.15, 0.2) is 9.84 Å². The van der Waals surface area contributed by atoms with E-state index in [-0.39, 0.29) is 28.0 Å². The molecule has 0 atom stereocenters. The molecular formula is C19H29N3O4S. The van der Waals surface area contributed by atoms with Crippen molar-refractivity contribution >= 4 is 21.7 Å². The zero-order valence-corrected chi connectivity index (χ0v) is 17.2. The van der Waals surface area contributed by atoms with E-state index in [2.05, 4.69) is 0 Å². The standard InChI is InChI=1S/C19H29N3O4S/c1-4-21(5-2)18(23)15-20-11-13-22(14-12-20)19(24)16-9-7-8-10-17(16)27(25,26)6-3/h7-10H,4-6,11-15H2,1-3H3. The van der Waals surface area contributed by atoms with Crippen LogP contribution < -0.4 is 0 Å². The predicted molar refractivity (Wildman–Crippen MR) is 104 cm³/mol. The van der Waals surface area contributed by atoms with Gasteiger partial charge in [0.05, 0.1) is 22.8 Å². The van der Waals surface area contributed by atoms with Crippen molar-refractivity contribution in [3.63, 3.8) is 0 Å². The summed E-state index contributed by atoms with van der Waals surface area (Å²) in [7, 11) is -3.46. The minimum Gasteiger partial charge on any atom is -0.342 e. The fourth-order valence-electron chi connectivity index (χ4n) is 3.22. The molecular weight excluding hydrogens is 366 g/mol. The monoisotopic (exact) mass is 395 g/mol. The molecule has 0 N–H and O–H groups in total. The molecule has 27 heavy (non-hydrogen) atoms. The summed E-state index contributed by atoms with van der Waals surface area (Å²) in [5, 5.41) is 0. The van der Waals surface area contributed by atoms with Crippen LogP contribution in [0, 0.1) is 0 Å². The van der Waals surface area contributed by atoms with Crippen LogP contribution in [0.3, 0.4) is 0 Å². The van der Waals surface area contributed by atoms with Crippen LogP contribution >= 0.6 is 0 Å². The minimum absolute atomic E-state index is 0.0431. The fraction of sp³-hybridized carbons (Fsp3) is 0.579. The lowest BCUT2D eigenvalue weighted by atomic mass is 10.2. The lowest BCUT2D eigenvalue weighted by Crippen LogP contribution is -2.51. The SMILES string of the molecule is CCN(CC)C(=O)CN1CCN(C(=O)c2ccccc2S(=O)(=O)CC)CC1. The third kappa shape index (κ3) is 5.07. The summed E-state index contributed by atoms with van der Waals surface area (Å²) in [5.74, 6) is -0.213. The molecule has 0 aliphatic carbocycles. The van der Waals surface area contributed by atoms with Gasteiger partial charge in [0, 0.05) is 39.3 Å². The second-order valence-electron chi connectivity index (χ2n) is 6.53. The van der Waals surface area contributed by atoms with E-state index < -0.39 is 9.84 Å². The number of likely N-dealkylation sites (N-methyl/N-ethyl adjacent to an activating group) is 1. The van der Waals surface area contributed by atoms with Crippen LogP contribution in [0.5, 0.6) is 0 Å². The first-order chi connectivity index (χ1) is 12.8. The second kappa shape index (κ2) is 9.32. The van der Waals surface area contributed by atoms with E-state index in [0.29, 0.717) is 45.8 Å². The largest absolute Gasteiger partial charge is 0.342 e. The van der Waals surface area contributed by atoms with Gasteiger partial charge in [-0.15, -0.1) is 0 Å². The zero-order valence-electron chi connectivity index (χ0n) is 16.3. The molecule has 7 nitrogen and oxygen atoms in total. The Balaban J connectivity index is 2.03. The number of carbonyl (C=O) groups is 2. The number of hydrogen-bond acceptors (Lipinski definition) is 5. The first-order valence-electron chi connectivity index (χ1n) is 9.45. The fourth-order valence-corrected chi connectivity index (χ4v) is 4.30. The third-order valence-corrected chi connectivity index (χ3v) is 6.75. The van der Waals surface area contributed by atoms with Crippen LogP contribution in [0.4, 0.5) is 0 Å². The Bertz CT molecular complexity index is 767. The summed E-state index contributed by atoms with van der Waals surface area (Å²) in [4.78, 5) is 30.7. The van der Waals surface area contributed by atoms with Crippen LogP contribution in [0.1, 0.15) is 31.1 Å². The summed E-state index contributed by atoms with van der Waals surface area (Å²) >= 11 is 0. The van der Waals surface area contributed by atoms with Gasteiger partial charge < -0.3 is 9.80 Å². The van der Waals surface area contributed by atoms with Gasteiger partial charge in [0.25, 0.3) is 5.91 Å². The predicted octanol–water partition coefficient (Wildman–Crippen LogP) is 1.11. The van der Waals surface area contributed by atoms with Crippen LogP contribution in [0.25, 0.3) is 0 Å². The highest BCUT2D eigenvalue weighted by atomic mass is 32.2. The molecule has 0 spiro atoms. The molecule has 0 aromatic heterocycles. The van der Waals surface area contributed by atoms with E-state index in [0.717, 1.165) is 0 Å². The van der Waals surface area contributed by atoms with E-state index in [9.17, 15) is 18.0 Å². The molecule has 1 aromatic carbocycles. The minimum atomic E-state index is -3.46. The summed E-state index contributed by atoms with van der Waals surface area (Å²) in [6.45, 7) is 9.37. The molecule has 0 unspecified atom stereocenters. The van der Waals surface area contributed by atoms with Crippen molar-refractivity contribution in [2.45, 2.75) is 25.7 Å². The van der Waals surface area contributed by atoms with Gasteiger partial charge in [0.2, 0.25) is 5.91 Å². The molecule has 1 aliphatic heterocycles. The number of nitrogens with zero attached hydrogens (tertiary/aromatic N) is 3. The van der Waals surface area contributed by atoms with Gasteiger partial charge in [-0.05, 0) is 26.0 Å². The Morgan fingerprint density at radius 3 is 2.15 bits per heavy atom. The number of benzene rings is 1. The van der Waals surface area contributed by atoms with E-state index in [4.69, 9.17) is 0 Å². The van der Waals surface area contributed by atoms with E-state index in [1.165, 1.54) is 6.07 Å². The zero-order chi connectivity index (χ0) is 20.0. The van der Waals surface area contributed by atoms with Crippen molar-refractivity contribution in [3.8, 4) is 0 Å². The molecule has 0 saturated carbocycles. The second-order valence-corrected chi connectivity index (χ2v) is 8.78. The van der Waals surface area contributed by atoms with Crippen molar-refractivity contribution < 1.29 is 18.0 Å². The van der Waals surface area contributed by atoms with Crippen LogP contribution in [0.2, 0.25) is 0 Å². The molecule has 0 bridgehead atoms. The first kappa shape index (κ1) is 21.4. The highest BCUT2D eigenvalue weighted by molar-refractivity contribution is 7.91. The number of sulfone groups is 1. The van der Waals surface area contributed by atoms with Gasteiger partial charge in [-0.1, -0.05) is 19.1 Å². The molecule has 150 valence electrons. The summed E-state index contributed by atoms with van der Waals surface area (Å²) < 4.78 is 24.6. The van der Waals surface area contributed by atoms with Gasteiger partial charge in [0.1, 0.15) is 0 Å². The third-order valence-electron chi connectivity index (χ3n) is 4.97. The van der Waals surface area contributed by atoms with Gasteiger partial charge >= 0.3 is 0 Å². The summed E-state index contributed by atoms with van der Waals surface area (Å²) in [6, 6.07) is 6.38. The molecule has 1 aliphatic rings. The van der Waals surface area contributed by atoms with Crippen LogP contribution in [-0.4, -0.2) is 86.5 Å². The number of amides is 2. The molecule has 2 amide bonds. The summed E-state index contributed by atoms with van der Waals surface area (Å²) in [5.41, 5.74) is 0.229. The van der Waals surface area contributed by atoms with Gasteiger partial charge in [-0.3, -0.25) is 14.5 Å². The Hall–Kier alpha value is -1.93. The Morgan fingerprint density at radius 1 is 1.00 bits per heavy atom. The van der Waals surface area contributed by atoms with Crippen LogP contribution in [0.15, 0.2) is 29.2 Å². The average Bonchev–Trinajstić information content (AvgIpc) is 2.69. The maximum atomic E-state index is 12.9. The number of piperazine rings is 1. The normalized spacial score (nSPS) is 15.6. The van der Waals surface area contributed by atoms with Crippen molar-refractivity contribution in [1.29, 1.82) is 0 Å². The summed E-state index contributed by atoms with van der Waals surface area (Å²) in [6.07, 6.45) is 0. The smallest absolute Gasteiger partial charge is 0.255 e. The molecule has 1 fully saturated rings. The Labute approximate surface area is 161 Å². The highest BCUT2D eigenvalue weighted by Gasteiger charge is 2.27. The van der Waals surface area contributed by atoms with Crippen molar-refractivity contribution in [3.05, 3.63) is 29.8 Å². The Kier molecular flexibility index (Phi) is 7.38. The topological polar surface area (TPSA) is 78.0 Å². The average molecular weight is 396 g/mol. The van der Waals surface area contributed by atoms with Crippen LogP contribution in [-0.2, 0) is 14.6 Å². The first-order valence-corrected chi connectivity index (χ1v) is 11.1. The molecule has 2 rings (SSSR count). The maximum Gasteiger partial charge on any atom is 0.255 e. The molecule has 0 radical (unpaired) electrons. The number of carbonyl (C=O) groups excluding carboxylic acids is 2. The van der Waals surface area contributed by atoms with Crippen molar-refractivity contribution in [2.75, 3.05) is 51.6 Å². The van der Waals surface area contributed by atoms with E-state index in [1.807, 2.05) is 18.7 Å². The van der Waals surface area contributed by atoms with Gasteiger partial charge in [-0.2, -0.15) is 0 Å².